The van der Waals surface area contributed by atoms with E-state index in [1.54, 1.807) is 0 Å². The Hall–Kier alpha value is -5.22. The van der Waals surface area contributed by atoms with Crippen LogP contribution in [-0.4, -0.2) is 0 Å². The minimum Gasteiger partial charge on any atom is -0.308 e. The predicted octanol–water partition coefficient (Wildman–Crippen LogP) is 13.2. The molecule has 0 amide bonds. The number of anilines is 3. The van der Waals surface area contributed by atoms with Crippen LogP contribution in [0.5, 0.6) is 0 Å². The zero-order valence-electron chi connectivity index (χ0n) is 24.4. The van der Waals surface area contributed by atoms with Gasteiger partial charge in [0.1, 0.15) is 0 Å². The molecule has 0 saturated heterocycles. The van der Waals surface area contributed by atoms with Crippen LogP contribution in [0.4, 0.5) is 17.1 Å². The van der Waals surface area contributed by atoms with Gasteiger partial charge in [0, 0.05) is 36.6 Å². The summed E-state index contributed by atoms with van der Waals surface area (Å²) in [4.78, 5) is 2.47. The summed E-state index contributed by atoms with van der Waals surface area (Å²) in [5.74, 6) is 0. The summed E-state index contributed by atoms with van der Waals surface area (Å²) in [6.07, 6.45) is 0. The predicted molar refractivity (Wildman–Crippen MR) is 198 cm³/mol. The van der Waals surface area contributed by atoms with E-state index in [-0.39, 0.29) is 0 Å². The molecule has 0 bridgehead atoms. The van der Waals surface area contributed by atoms with Crippen LogP contribution in [0.2, 0.25) is 0 Å². The van der Waals surface area contributed by atoms with Gasteiger partial charge in [-0.2, -0.15) is 0 Å². The second-order valence-corrected chi connectivity index (χ2v) is 13.4. The van der Waals surface area contributed by atoms with Crippen LogP contribution in [0.15, 0.2) is 164 Å². The monoisotopic (exact) mass is 609 g/mol. The summed E-state index contributed by atoms with van der Waals surface area (Å²) in [5, 5.41) is 5.23. The minimum absolute atomic E-state index is 1.15. The van der Waals surface area contributed by atoms with Gasteiger partial charge in [-0.1, -0.05) is 127 Å². The smallest absolute Gasteiger partial charge is 0.0640 e. The van der Waals surface area contributed by atoms with Crippen LogP contribution in [-0.2, 0) is 0 Å². The van der Waals surface area contributed by atoms with Crippen molar-refractivity contribution >= 4 is 80.1 Å². The molecule has 0 saturated carbocycles. The highest BCUT2D eigenvalue weighted by Crippen LogP contribution is 2.48. The van der Waals surface area contributed by atoms with Crippen molar-refractivity contribution in [2.24, 2.45) is 0 Å². The maximum absolute atomic E-state index is 2.47. The lowest BCUT2D eigenvalue weighted by Gasteiger charge is -2.27. The molecule has 0 aliphatic carbocycles. The van der Waals surface area contributed by atoms with Gasteiger partial charge in [-0.3, -0.25) is 0 Å². The quantitative estimate of drug-likeness (QED) is 0.188. The summed E-state index contributed by atoms with van der Waals surface area (Å²) in [7, 11) is 0. The van der Waals surface area contributed by atoms with Crippen LogP contribution in [0, 0.1) is 0 Å². The number of hydrogen-bond donors (Lipinski definition) is 0. The topological polar surface area (TPSA) is 3.24 Å². The standard InChI is InChI=1S/C42H27NS2/c1-2-10-28(11-3-1)29-20-22-30(23-21-29)31-24-26-32(27-25-31)43(37-16-8-14-35-33-12-4-6-18-39(33)44-41(35)37)38-17-9-15-36-34-13-5-7-19-40(34)45-42(36)38/h1-27H. The van der Waals surface area contributed by atoms with E-state index in [9.17, 15) is 0 Å². The number of nitrogens with zero attached hydrogens (tertiary/aromatic N) is 1. The summed E-state index contributed by atoms with van der Waals surface area (Å²) in [6.45, 7) is 0. The third-order valence-corrected chi connectivity index (χ3v) is 11.1. The van der Waals surface area contributed by atoms with Crippen molar-refractivity contribution in [1.29, 1.82) is 0 Å². The summed E-state index contributed by atoms with van der Waals surface area (Å²) < 4.78 is 5.23. The maximum atomic E-state index is 2.47. The molecule has 0 unspecified atom stereocenters. The van der Waals surface area contributed by atoms with Gasteiger partial charge >= 0.3 is 0 Å². The Kier molecular flexibility index (Phi) is 6.26. The number of rotatable bonds is 5. The van der Waals surface area contributed by atoms with Crippen molar-refractivity contribution in [2.45, 2.75) is 0 Å². The lowest BCUT2D eigenvalue weighted by atomic mass is 10.00. The second kappa shape index (κ2) is 10.7. The summed E-state index contributed by atoms with van der Waals surface area (Å²) in [6, 6.07) is 59.5. The van der Waals surface area contributed by atoms with Crippen molar-refractivity contribution in [2.75, 3.05) is 4.90 Å². The van der Waals surface area contributed by atoms with Gasteiger partial charge in [0.25, 0.3) is 0 Å². The molecule has 0 aliphatic heterocycles. The molecule has 9 rings (SSSR count). The Bertz CT molecular complexity index is 2350. The lowest BCUT2D eigenvalue weighted by Crippen LogP contribution is -2.10. The molecule has 0 spiro atoms. The van der Waals surface area contributed by atoms with Crippen molar-refractivity contribution < 1.29 is 0 Å². The molecule has 0 aliphatic rings. The van der Waals surface area contributed by atoms with Crippen LogP contribution >= 0.6 is 22.7 Å². The second-order valence-electron chi connectivity index (χ2n) is 11.3. The van der Waals surface area contributed by atoms with E-state index in [2.05, 4.69) is 169 Å². The lowest BCUT2D eigenvalue weighted by molar-refractivity contribution is 1.32. The molecular weight excluding hydrogens is 583 g/mol. The molecule has 0 atom stereocenters. The Morgan fingerprint density at radius 1 is 0.311 bits per heavy atom. The van der Waals surface area contributed by atoms with E-state index in [0.717, 1.165) is 5.69 Å². The van der Waals surface area contributed by atoms with Gasteiger partial charge in [0.2, 0.25) is 0 Å². The number of thiophene rings is 2. The minimum atomic E-state index is 1.15. The molecule has 0 radical (unpaired) electrons. The van der Waals surface area contributed by atoms with Crippen LogP contribution < -0.4 is 4.90 Å². The van der Waals surface area contributed by atoms with Gasteiger partial charge in [-0.15, -0.1) is 22.7 Å². The van der Waals surface area contributed by atoms with Gasteiger partial charge < -0.3 is 4.90 Å². The highest BCUT2D eigenvalue weighted by Gasteiger charge is 2.21. The molecule has 2 heterocycles. The van der Waals surface area contributed by atoms with Crippen LogP contribution in [0.25, 0.3) is 62.6 Å². The molecule has 9 aromatic rings. The van der Waals surface area contributed by atoms with E-state index in [1.807, 2.05) is 22.7 Å². The zero-order chi connectivity index (χ0) is 29.7. The number of fused-ring (bicyclic) bond motifs is 6. The van der Waals surface area contributed by atoms with Crippen LogP contribution in [0.1, 0.15) is 0 Å². The molecule has 0 fully saturated rings. The fourth-order valence-electron chi connectivity index (χ4n) is 6.51. The fraction of sp³-hybridized carbons (Fsp3) is 0. The zero-order valence-corrected chi connectivity index (χ0v) is 26.0. The van der Waals surface area contributed by atoms with Crippen molar-refractivity contribution in [3.8, 4) is 22.3 Å². The van der Waals surface area contributed by atoms with Gasteiger partial charge in [-0.25, -0.2) is 0 Å². The molecule has 45 heavy (non-hydrogen) atoms. The third kappa shape index (κ3) is 4.43. The van der Waals surface area contributed by atoms with E-state index >= 15 is 0 Å². The Morgan fingerprint density at radius 3 is 1.22 bits per heavy atom. The molecule has 2 aromatic heterocycles. The van der Waals surface area contributed by atoms with Gasteiger partial charge in [0.05, 0.1) is 20.8 Å². The van der Waals surface area contributed by atoms with E-state index in [0.29, 0.717) is 0 Å². The first-order chi connectivity index (χ1) is 22.3. The van der Waals surface area contributed by atoms with Crippen molar-refractivity contribution in [3.63, 3.8) is 0 Å². The average molecular weight is 610 g/mol. The fourth-order valence-corrected chi connectivity index (χ4v) is 8.93. The number of benzene rings is 7. The van der Waals surface area contributed by atoms with Gasteiger partial charge in [-0.05, 0) is 58.7 Å². The Labute approximate surface area is 269 Å². The molecule has 3 heteroatoms. The highest BCUT2D eigenvalue weighted by atomic mass is 32.1. The van der Waals surface area contributed by atoms with Crippen molar-refractivity contribution in [1.82, 2.24) is 0 Å². The summed E-state index contributed by atoms with van der Waals surface area (Å²) in [5.41, 5.74) is 8.45. The molecule has 1 nitrogen and oxygen atoms in total. The van der Waals surface area contributed by atoms with Gasteiger partial charge in [0.15, 0.2) is 0 Å². The average Bonchev–Trinajstić information content (AvgIpc) is 3.69. The molecule has 7 aromatic carbocycles. The molecular formula is C42H27NS2. The van der Waals surface area contributed by atoms with E-state index < -0.39 is 0 Å². The van der Waals surface area contributed by atoms with E-state index in [4.69, 9.17) is 0 Å². The maximum Gasteiger partial charge on any atom is 0.0640 e. The first-order valence-electron chi connectivity index (χ1n) is 15.2. The Morgan fingerprint density at radius 2 is 0.711 bits per heavy atom. The first kappa shape index (κ1) is 26.2. The number of hydrogen-bond acceptors (Lipinski definition) is 3. The van der Waals surface area contributed by atoms with Crippen molar-refractivity contribution in [3.05, 3.63) is 164 Å². The normalized spacial score (nSPS) is 11.6. The molecule has 212 valence electrons. The first-order valence-corrected chi connectivity index (χ1v) is 16.8. The molecule has 0 N–H and O–H groups in total. The van der Waals surface area contributed by atoms with E-state index in [1.165, 1.54) is 74.0 Å². The SMILES string of the molecule is c1ccc(-c2ccc(-c3ccc(N(c4cccc5c4sc4ccccc45)c4cccc5c4sc4ccccc45)cc3)cc2)cc1. The third-order valence-electron chi connectivity index (χ3n) is 8.70. The Balaban J connectivity index is 1.21. The largest absolute Gasteiger partial charge is 0.308 e. The van der Waals surface area contributed by atoms with Crippen LogP contribution in [0.3, 0.4) is 0 Å². The highest BCUT2D eigenvalue weighted by molar-refractivity contribution is 7.27. The summed E-state index contributed by atoms with van der Waals surface area (Å²) >= 11 is 3.76.